The van der Waals surface area contributed by atoms with Crippen LogP contribution in [0.15, 0.2) is 97.2 Å². The van der Waals surface area contributed by atoms with Crippen LogP contribution >= 0.6 is 0 Å². The number of hydrogen-bond donors (Lipinski definition) is 0. The van der Waals surface area contributed by atoms with Crippen molar-refractivity contribution in [3.63, 3.8) is 0 Å². The van der Waals surface area contributed by atoms with Crippen LogP contribution in [0.25, 0.3) is 0 Å². The first-order chi connectivity index (χ1) is 30.0. The summed E-state index contributed by atoms with van der Waals surface area (Å²) in [6.07, 6.45) is 64.1. The van der Waals surface area contributed by atoms with Crippen LogP contribution in [0, 0.1) is 0 Å². The summed E-state index contributed by atoms with van der Waals surface area (Å²) in [5, 5.41) is 0. The van der Waals surface area contributed by atoms with Gasteiger partial charge in [0.2, 0.25) is 0 Å². The minimum atomic E-state index is -0.812. The summed E-state index contributed by atoms with van der Waals surface area (Å²) in [5.74, 6) is -1.02. The lowest BCUT2D eigenvalue weighted by atomic mass is 10.1. The standard InChI is InChI=1S/C55H90O6/c1-4-7-10-13-16-19-21-23-25-27-28-29-31-32-34-36-39-42-45-48-54(57)60-51-52(50-59-53(56)47-44-41-38-18-15-12-9-6-3)61-55(58)49-46-43-40-37-35-33-30-26-24-22-20-17-14-11-8-5-2/h7,10,16,19-20,22-23,25-26,28-30,32,34,39,42,52H,4-6,8-9,11-15,17-18,21,24,27,31,33,35-38,40-41,43-51H2,1-3H3/b10-7-,19-16-,22-20-,25-23-,29-28-,30-26-,34-32-,42-39-. The second-order valence-electron chi connectivity index (χ2n) is 16.0. The van der Waals surface area contributed by atoms with Gasteiger partial charge in [0.15, 0.2) is 6.10 Å². The van der Waals surface area contributed by atoms with E-state index in [1.165, 1.54) is 64.2 Å². The van der Waals surface area contributed by atoms with Gasteiger partial charge >= 0.3 is 17.9 Å². The lowest BCUT2D eigenvalue weighted by molar-refractivity contribution is -0.166. The highest BCUT2D eigenvalue weighted by molar-refractivity contribution is 5.71. The lowest BCUT2D eigenvalue weighted by Gasteiger charge is -2.18. The summed E-state index contributed by atoms with van der Waals surface area (Å²) in [6, 6.07) is 0. The second-order valence-corrected chi connectivity index (χ2v) is 16.0. The fraction of sp³-hybridized carbons (Fsp3) is 0.655. The van der Waals surface area contributed by atoms with Crippen molar-refractivity contribution in [2.24, 2.45) is 0 Å². The van der Waals surface area contributed by atoms with Crippen molar-refractivity contribution < 1.29 is 28.6 Å². The van der Waals surface area contributed by atoms with Gasteiger partial charge in [-0.2, -0.15) is 0 Å². The highest BCUT2D eigenvalue weighted by Crippen LogP contribution is 2.12. The van der Waals surface area contributed by atoms with Crippen molar-refractivity contribution in [1.82, 2.24) is 0 Å². The van der Waals surface area contributed by atoms with Gasteiger partial charge < -0.3 is 14.2 Å². The minimum absolute atomic E-state index is 0.107. The summed E-state index contributed by atoms with van der Waals surface area (Å²) < 4.78 is 16.6. The van der Waals surface area contributed by atoms with Crippen LogP contribution in [0.5, 0.6) is 0 Å². The fourth-order valence-electron chi connectivity index (χ4n) is 6.38. The second kappa shape index (κ2) is 49.0. The predicted octanol–water partition coefficient (Wildman–Crippen LogP) is 16.2. The molecule has 346 valence electrons. The van der Waals surface area contributed by atoms with E-state index in [4.69, 9.17) is 14.2 Å². The molecule has 6 heteroatoms. The number of unbranched alkanes of at least 4 members (excludes halogenated alkanes) is 16. The van der Waals surface area contributed by atoms with E-state index < -0.39 is 6.10 Å². The topological polar surface area (TPSA) is 78.9 Å². The zero-order valence-corrected chi connectivity index (χ0v) is 39.4. The Hall–Kier alpha value is -3.67. The summed E-state index contributed by atoms with van der Waals surface area (Å²) in [7, 11) is 0. The highest BCUT2D eigenvalue weighted by Gasteiger charge is 2.19. The van der Waals surface area contributed by atoms with Crippen LogP contribution in [-0.4, -0.2) is 37.2 Å². The Kier molecular flexibility index (Phi) is 46.0. The summed E-state index contributed by atoms with van der Waals surface area (Å²) >= 11 is 0. The van der Waals surface area contributed by atoms with Gasteiger partial charge in [0.05, 0.1) is 0 Å². The summed E-state index contributed by atoms with van der Waals surface area (Å²) in [4.78, 5) is 37.8. The van der Waals surface area contributed by atoms with Gasteiger partial charge in [0.1, 0.15) is 13.2 Å². The van der Waals surface area contributed by atoms with Crippen LogP contribution < -0.4 is 0 Å². The Labute approximate surface area is 375 Å². The molecule has 0 rings (SSSR count). The Morgan fingerprint density at radius 3 is 1.11 bits per heavy atom. The fourth-order valence-corrected chi connectivity index (χ4v) is 6.38. The molecule has 0 aromatic carbocycles. The number of ether oxygens (including phenoxy) is 3. The van der Waals surface area contributed by atoms with Gasteiger partial charge in [-0.3, -0.25) is 14.4 Å². The molecule has 0 aliphatic carbocycles. The van der Waals surface area contributed by atoms with Crippen molar-refractivity contribution in [2.45, 2.75) is 219 Å². The molecule has 0 aliphatic rings. The molecule has 0 aromatic heterocycles. The molecule has 0 radical (unpaired) electrons. The third kappa shape index (κ3) is 47.2. The van der Waals surface area contributed by atoms with Crippen molar-refractivity contribution in [3.05, 3.63) is 97.2 Å². The van der Waals surface area contributed by atoms with E-state index in [2.05, 4.69) is 106 Å². The van der Waals surface area contributed by atoms with Gasteiger partial charge in [-0.1, -0.05) is 201 Å². The van der Waals surface area contributed by atoms with Gasteiger partial charge in [0, 0.05) is 19.3 Å². The van der Waals surface area contributed by atoms with Crippen LogP contribution in [0.2, 0.25) is 0 Å². The first-order valence-electron chi connectivity index (χ1n) is 24.7. The average molecular weight is 847 g/mol. The van der Waals surface area contributed by atoms with Crippen molar-refractivity contribution in [2.75, 3.05) is 13.2 Å². The Balaban J connectivity index is 4.47. The molecule has 0 amide bonds. The molecule has 0 spiro atoms. The smallest absolute Gasteiger partial charge is 0.306 e. The molecule has 0 bridgehead atoms. The molecular formula is C55H90O6. The van der Waals surface area contributed by atoms with Gasteiger partial charge in [0.25, 0.3) is 0 Å². The molecule has 0 fully saturated rings. The minimum Gasteiger partial charge on any atom is -0.462 e. The maximum absolute atomic E-state index is 12.7. The Morgan fingerprint density at radius 2 is 0.672 bits per heavy atom. The molecule has 0 N–H and O–H groups in total. The molecule has 1 unspecified atom stereocenters. The Morgan fingerprint density at radius 1 is 0.344 bits per heavy atom. The Bertz CT molecular complexity index is 1250. The first-order valence-corrected chi connectivity index (χ1v) is 24.7. The third-order valence-corrected chi connectivity index (χ3v) is 10.1. The van der Waals surface area contributed by atoms with E-state index >= 15 is 0 Å². The normalized spacial score (nSPS) is 12.9. The predicted molar refractivity (Wildman–Crippen MR) is 260 cm³/mol. The molecule has 0 aliphatic heterocycles. The van der Waals surface area contributed by atoms with Gasteiger partial charge in [-0.05, 0) is 89.9 Å². The maximum atomic E-state index is 12.7. The number of carbonyl (C=O) groups is 3. The molecule has 6 nitrogen and oxygen atoms in total. The molecule has 1 atom stereocenters. The highest BCUT2D eigenvalue weighted by atomic mass is 16.6. The zero-order chi connectivity index (χ0) is 44.4. The number of hydrogen-bond acceptors (Lipinski definition) is 6. The average Bonchev–Trinajstić information content (AvgIpc) is 3.26. The molecular weight excluding hydrogens is 757 g/mol. The van der Waals surface area contributed by atoms with Crippen molar-refractivity contribution >= 4 is 17.9 Å². The van der Waals surface area contributed by atoms with E-state index in [-0.39, 0.29) is 37.5 Å². The van der Waals surface area contributed by atoms with Gasteiger partial charge in [-0.25, -0.2) is 0 Å². The molecule has 0 heterocycles. The van der Waals surface area contributed by atoms with Crippen LogP contribution in [-0.2, 0) is 28.6 Å². The lowest BCUT2D eigenvalue weighted by Crippen LogP contribution is -2.30. The molecule has 0 aromatic rings. The van der Waals surface area contributed by atoms with E-state index in [0.29, 0.717) is 19.3 Å². The third-order valence-electron chi connectivity index (χ3n) is 10.1. The van der Waals surface area contributed by atoms with Gasteiger partial charge in [-0.15, -0.1) is 0 Å². The number of rotatable bonds is 43. The largest absolute Gasteiger partial charge is 0.462 e. The number of allylic oxidation sites excluding steroid dienone is 16. The zero-order valence-electron chi connectivity index (χ0n) is 39.4. The summed E-state index contributed by atoms with van der Waals surface area (Å²) in [5.41, 5.74) is 0. The van der Waals surface area contributed by atoms with E-state index in [9.17, 15) is 14.4 Å². The van der Waals surface area contributed by atoms with E-state index in [1.807, 2.05) is 12.2 Å². The van der Waals surface area contributed by atoms with Crippen LogP contribution in [0.1, 0.15) is 213 Å². The van der Waals surface area contributed by atoms with Crippen molar-refractivity contribution in [1.29, 1.82) is 0 Å². The molecule has 61 heavy (non-hydrogen) atoms. The van der Waals surface area contributed by atoms with Crippen LogP contribution in [0.4, 0.5) is 0 Å². The molecule has 0 saturated heterocycles. The van der Waals surface area contributed by atoms with E-state index in [1.54, 1.807) is 0 Å². The van der Waals surface area contributed by atoms with E-state index in [0.717, 1.165) is 103 Å². The maximum Gasteiger partial charge on any atom is 0.306 e. The first kappa shape index (κ1) is 57.3. The monoisotopic (exact) mass is 847 g/mol. The summed E-state index contributed by atoms with van der Waals surface area (Å²) in [6.45, 7) is 6.38. The number of carbonyl (C=O) groups excluding carboxylic acids is 3. The molecule has 0 saturated carbocycles. The SMILES string of the molecule is CC/C=C\C/C=C\C/C=C\C/C=C\C/C=C\C/C=C\CCC(=O)OCC(COC(=O)CCCCCCCCCC)OC(=O)CCCCCCC/C=C\C/C=C\CCCCCC. The quantitative estimate of drug-likeness (QED) is 0.0263. The van der Waals surface area contributed by atoms with Crippen LogP contribution in [0.3, 0.4) is 0 Å². The number of esters is 3. The van der Waals surface area contributed by atoms with Crippen molar-refractivity contribution in [3.8, 4) is 0 Å².